The molecule has 0 aliphatic carbocycles. The van der Waals surface area contributed by atoms with Gasteiger partial charge in [0.25, 0.3) is 0 Å². The number of amides is 1. The van der Waals surface area contributed by atoms with Crippen LogP contribution < -0.4 is 10.2 Å². The lowest BCUT2D eigenvalue weighted by Crippen LogP contribution is -2.36. The van der Waals surface area contributed by atoms with Crippen molar-refractivity contribution in [3.63, 3.8) is 0 Å². The fraction of sp³-hybridized carbons (Fsp3) is 0.667. The first-order valence-corrected chi connectivity index (χ1v) is 6.42. The van der Waals surface area contributed by atoms with Gasteiger partial charge in [-0.3, -0.25) is 9.36 Å². The molecule has 0 aromatic carbocycles. The minimum Gasteiger partial charge on any atom is -0.752 e. The van der Waals surface area contributed by atoms with Crippen LogP contribution in [-0.2, 0) is 18.5 Å². The Labute approximate surface area is 101 Å². The lowest BCUT2D eigenvalue weighted by atomic mass is 10.3. The Morgan fingerprint density at radius 3 is 2.41 bits per heavy atom. The van der Waals surface area contributed by atoms with Crippen molar-refractivity contribution in [2.24, 2.45) is 0 Å². The number of carbonyl (C=O) groups is 1. The summed E-state index contributed by atoms with van der Waals surface area (Å²) in [6.07, 6.45) is 0. The molecule has 100 valence electrons. The van der Waals surface area contributed by atoms with Gasteiger partial charge in [-0.05, 0) is 6.92 Å². The molecule has 0 aromatic heterocycles. The predicted octanol–water partition coefficient (Wildman–Crippen LogP) is -0.198. The molecular formula is C9H19N2O5P. The Bertz CT molecular complexity index is 337. The van der Waals surface area contributed by atoms with Crippen LogP contribution in [0.5, 0.6) is 0 Å². The van der Waals surface area contributed by atoms with Gasteiger partial charge >= 0.3 is 7.82 Å². The topological polar surface area (TPSA) is 87.7 Å². The number of quaternary nitrogens is 1. The minimum absolute atomic E-state index is 0.0679. The summed E-state index contributed by atoms with van der Waals surface area (Å²) in [5.74, 6) is -0.346. The van der Waals surface area contributed by atoms with Gasteiger partial charge in [0, 0.05) is 12.1 Å². The molecule has 0 bridgehead atoms. The third-order valence-electron chi connectivity index (χ3n) is 1.37. The first-order chi connectivity index (χ1) is 7.53. The van der Waals surface area contributed by atoms with Crippen LogP contribution in [0.15, 0.2) is 12.2 Å². The molecular weight excluding hydrogens is 247 g/mol. The van der Waals surface area contributed by atoms with E-state index in [1.807, 2.05) is 0 Å². The average molecular weight is 266 g/mol. The first-order valence-electron chi connectivity index (χ1n) is 4.95. The van der Waals surface area contributed by atoms with E-state index in [1.54, 1.807) is 6.92 Å². The number of nitrogens with one attached hydrogen (secondary N) is 1. The summed E-state index contributed by atoms with van der Waals surface area (Å²) in [4.78, 5) is 22.3. The Balaban J connectivity index is 3.93. The van der Waals surface area contributed by atoms with Crippen molar-refractivity contribution in [1.82, 2.24) is 5.32 Å². The van der Waals surface area contributed by atoms with E-state index in [1.165, 1.54) is 21.1 Å². The Kier molecular flexibility index (Phi) is 6.01. The molecule has 1 N–H and O–H groups in total. The maximum atomic E-state index is 11.3. The molecule has 17 heavy (non-hydrogen) atoms. The van der Waals surface area contributed by atoms with Gasteiger partial charge in [0.05, 0.1) is 27.7 Å². The summed E-state index contributed by atoms with van der Waals surface area (Å²) >= 11 is 0. The van der Waals surface area contributed by atoms with E-state index >= 15 is 0 Å². The molecule has 0 radical (unpaired) electrons. The average Bonchev–Trinajstić information content (AvgIpc) is 2.07. The van der Waals surface area contributed by atoms with Crippen LogP contribution >= 0.6 is 7.82 Å². The van der Waals surface area contributed by atoms with Crippen molar-refractivity contribution in [3.05, 3.63) is 12.2 Å². The zero-order valence-corrected chi connectivity index (χ0v) is 11.5. The second-order valence-electron chi connectivity index (χ2n) is 4.29. The molecule has 0 heterocycles. The van der Waals surface area contributed by atoms with Crippen LogP contribution in [0, 0.1) is 0 Å². The molecule has 7 nitrogen and oxygen atoms in total. The van der Waals surface area contributed by atoms with Crippen LogP contribution in [0.2, 0.25) is 0 Å². The minimum atomic E-state index is -4.35. The highest BCUT2D eigenvalue weighted by Gasteiger charge is 2.20. The van der Waals surface area contributed by atoms with Crippen LogP contribution in [0.4, 0.5) is 0 Å². The fourth-order valence-corrected chi connectivity index (χ4v) is 1.76. The maximum absolute atomic E-state index is 11.3. The second kappa shape index (κ2) is 6.28. The zero-order valence-electron chi connectivity index (χ0n) is 10.6. The first kappa shape index (κ1) is 16.3. The second-order valence-corrected chi connectivity index (χ2v) is 5.60. The van der Waals surface area contributed by atoms with Gasteiger partial charge in [0.2, 0.25) is 5.91 Å². The Hall–Kier alpha value is -0.720. The highest BCUT2D eigenvalue weighted by atomic mass is 31.2. The third-order valence-corrected chi connectivity index (χ3v) is 2.56. The van der Waals surface area contributed by atoms with Crippen molar-refractivity contribution in [2.75, 3.05) is 34.3 Å². The van der Waals surface area contributed by atoms with E-state index in [0.29, 0.717) is 5.57 Å². The van der Waals surface area contributed by atoms with E-state index in [-0.39, 0.29) is 23.7 Å². The van der Waals surface area contributed by atoms with Crippen molar-refractivity contribution in [2.45, 2.75) is 6.92 Å². The van der Waals surface area contributed by atoms with Crippen molar-refractivity contribution in [3.8, 4) is 0 Å². The molecule has 0 aromatic rings. The number of hydrogen-bond acceptors (Lipinski definition) is 5. The van der Waals surface area contributed by atoms with Crippen molar-refractivity contribution >= 4 is 13.7 Å². The molecule has 0 spiro atoms. The van der Waals surface area contributed by atoms with E-state index in [2.05, 4.69) is 21.0 Å². The largest absolute Gasteiger partial charge is 0.752 e. The number of phosphoric ester groups is 1. The summed E-state index contributed by atoms with van der Waals surface area (Å²) < 4.78 is 20.3. The van der Waals surface area contributed by atoms with Gasteiger partial charge in [-0.25, -0.2) is 0 Å². The molecule has 0 saturated carbocycles. The Morgan fingerprint density at radius 2 is 2.00 bits per heavy atom. The molecule has 0 aliphatic rings. The highest BCUT2D eigenvalue weighted by molar-refractivity contribution is 7.45. The van der Waals surface area contributed by atoms with Gasteiger partial charge in [-0.15, -0.1) is 4.62 Å². The fourth-order valence-electron chi connectivity index (χ4n) is 0.796. The van der Waals surface area contributed by atoms with Crippen LogP contribution in [0.3, 0.4) is 0 Å². The lowest BCUT2D eigenvalue weighted by Gasteiger charge is -2.29. The molecule has 0 rings (SSSR count). The van der Waals surface area contributed by atoms with Gasteiger partial charge < -0.3 is 14.7 Å². The number of nitrogens with zero attached hydrogens (tertiary/aromatic N) is 1. The van der Waals surface area contributed by atoms with E-state index in [9.17, 15) is 14.3 Å². The predicted molar refractivity (Wildman–Crippen MR) is 60.5 cm³/mol. The van der Waals surface area contributed by atoms with Gasteiger partial charge in [0.15, 0.2) is 0 Å². The van der Waals surface area contributed by atoms with E-state index in [0.717, 1.165) is 0 Å². The normalized spacial score (nSPS) is 15.1. The van der Waals surface area contributed by atoms with Crippen LogP contribution in [-0.4, -0.2) is 44.8 Å². The number of phosphoric acid groups is 1. The molecule has 0 fully saturated rings. The zero-order chi connectivity index (χ0) is 13.7. The van der Waals surface area contributed by atoms with Gasteiger partial charge in [-0.1, -0.05) is 6.58 Å². The maximum Gasteiger partial charge on any atom is 0.325 e. The lowest BCUT2D eigenvalue weighted by molar-refractivity contribution is -1.04. The molecule has 0 aliphatic heterocycles. The highest BCUT2D eigenvalue weighted by Crippen LogP contribution is 2.39. The standard InChI is InChI=1S/C9H19N2O5P/c1-8(2)9(12)10-6-7-15-17(13,14)16-11(3,4)5/h1,6-7H2,2-5H3,(H-,10,12,13,14). The summed E-state index contributed by atoms with van der Waals surface area (Å²) in [7, 11) is 0.266. The van der Waals surface area contributed by atoms with Gasteiger partial charge in [-0.2, -0.15) is 4.65 Å². The van der Waals surface area contributed by atoms with E-state index < -0.39 is 7.82 Å². The Morgan fingerprint density at radius 1 is 1.47 bits per heavy atom. The summed E-state index contributed by atoms with van der Waals surface area (Å²) in [5, 5.41) is 2.43. The van der Waals surface area contributed by atoms with Gasteiger partial charge in [0.1, 0.15) is 0 Å². The number of hydroxylamine groups is 3. The summed E-state index contributed by atoms with van der Waals surface area (Å²) in [6, 6.07) is 0. The van der Waals surface area contributed by atoms with E-state index in [4.69, 9.17) is 0 Å². The molecule has 8 heteroatoms. The SMILES string of the molecule is C=C(C)C(=O)NCCOP(=O)([O-])O[N+](C)(C)C. The molecule has 1 amide bonds. The van der Waals surface area contributed by atoms with Crippen molar-refractivity contribution < 1.29 is 28.0 Å². The number of hydrogen-bond donors (Lipinski definition) is 1. The molecule has 1 atom stereocenters. The van der Waals surface area contributed by atoms with Crippen LogP contribution in [0.25, 0.3) is 0 Å². The third kappa shape index (κ3) is 9.02. The van der Waals surface area contributed by atoms with Crippen molar-refractivity contribution in [1.29, 1.82) is 0 Å². The number of carbonyl (C=O) groups excluding carboxylic acids is 1. The quantitative estimate of drug-likeness (QED) is 0.227. The summed E-state index contributed by atoms with van der Waals surface area (Å²) in [5.41, 5.74) is 0.345. The molecule has 0 saturated heterocycles. The number of rotatable bonds is 7. The summed E-state index contributed by atoms with van der Waals surface area (Å²) in [6.45, 7) is 4.87. The van der Waals surface area contributed by atoms with Crippen LogP contribution in [0.1, 0.15) is 6.92 Å². The monoisotopic (exact) mass is 266 g/mol. The molecule has 1 unspecified atom stereocenters. The smallest absolute Gasteiger partial charge is 0.325 e.